The van der Waals surface area contributed by atoms with Gasteiger partial charge >= 0.3 is 5.97 Å². The molecule has 0 aliphatic carbocycles. The zero-order valence-corrected chi connectivity index (χ0v) is 14.4. The Labute approximate surface area is 143 Å². The number of amides is 1. The molecule has 116 valence electrons. The van der Waals surface area contributed by atoms with Crippen molar-refractivity contribution in [3.8, 4) is 0 Å². The second-order valence-electron chi connectivity index (χ2n) is 4.60. The highest BCUT2D eigenvalue weighted by atomic mass is 32.2. The standard InChI is InChI=1S/C15H15NO3S3/c1-21-11-6-4-10(5-7-11)9-12-14(19)16(15(20)22-12)8-2-3-13(17)18/h4-7,9H,2-3,8H2,1H3,(H,17,18)/b12-9-. The van der Waals surface area contributed by atoms with Gasteiger partial charge < -0.3 is 5.11 Å². The minimum atomic E-state index is -0.866. The summed E-state index contributed by atoms with van der Waals surface area (Å²) < 4.78 is 0.488. The Balaban J connectivity index is 2.06. The molecule has 1 heterocycles. The van der Waals surface area contributed by atoms with E-state index in [0.29, 0.717) is 22.2 Å². The molecule has 7 heteroatoms. The summed E-state index contributed by atoms with van der Waals surface area (Å²) >= 11 is 8.13. The molecule has 1 aromatic rings. The summed E-state index contributed by atoms with van der Waals surface area (Å²) in [6, 6.07) is 7.93. The quantitative estimate of drug-likeness (QED) is 0.480. The Hall–Kier alpha value is -1.31. The van der Waals surface area contributed by atoms with Crippen LogP contribution in [0.3, 0.4) is 0 Å². The monoisotopic (exact) mass is 353 g/mol. The zero-order valence-electron chi connectivity index (χ0n) is 11.9. The number of hydrogen-bond donors (Lipinski definition) is 1. The Kier molecular flexibility index (Phi) is 6.05. The topological polar surface area (TPSA) is 57.6 Å². The van der Waals surface area contributed by atoms with E-state index in [2.05, 4.69) is 0 Å². The molecule has 1 aromatic carbocycles. The van der Waals surface area contributed by atoms with E-state index in [9.17, 15) is 9.59 Å². The fourth-order valence-electron chi connectivity index (χ4n) is 1.93. The van der Waals surface area contributed by atoms with E-state index in [1.54, 1.807) is 11.8 Å². The van der Waals surface area contributed by atoms with Crippen LogP contribution >= 0.6 is 35.7 Å². The molecule has 1 amide bonds. The lowest BCUT2D eigenvalue weighted by atomic mass is 10.2. The molecule has 1 aliphatic heterocycles. The van der Waals surface area contributed by atoms with Gasteiger partial charge in [0.2, 0.25) is 0 Å². The van der Waals surface area contributed by atoms with Crippen LogP contribution in [0.2, 0.25) is 0 Å². The van der Waals surface area contributed by atoms with Crippen molar-refractivity contribution >= 4 is 58.0 Å². The maximum absolute atomic E-state index is 12.3. The third kappa shape index (κ3) is 4.34. The molecule has 1 N–H and O–H groups in total. The fraction of sp³-hybridized carbons (Fsp3) is 0.267. The van der Waals surface area contributed by atoms with Crippen molar-refractivity contribution in [3.05, 3.63) is 34.7 Å². The lowest BCUT2D eigenvalue weighted by Gasteiger charge is -2.13. The highest BCUT2D eigenvalue weighted by molar-refractivity contribution is 8.26. The van der Waals surface area contributed by atoms with Crippen LogP contribution in [0.25, 0.3) is 6.08 Å². The van der Waals surface area contributed by atoms with E-state index in [4.69, 9.17) is 17.3 Å². The Bertz CT molecular complexity index is 625. The smallest absolute Gasteiger partial charge is 0.303 e. The first-order valence-electron chi connectivity index (χ1n) is 6.62. The van der Waals surface area contributed by atoms with Crippen molar-refractivity contribution in [1.82, 2.24) is 4.90 Å². The normalized spacial score (nSPS) is 16.6. The molecule has 0 atom stereocenters. The van der Waals surface area contributed by atoms with Gasteiger partial charge in [0.1, 0.15) is 4.32 Å². The molecule has 1 fully saturated rings. The van der Waals surface area contributed by atoms with Gasteiger partial charge in [0.15, 0.2) is 0 Å². The number of thiocarbonyl (C=S) groups is 1. The predicted molar refractivity (Wildman–Crippen MR) is 95.0 cm³/mol. The number of carbonyl (C=O) groups is 2. The van der Waals surface area contributed by atoms with Crippen LogP contribution in [-0.2, 0) is 9.59 Å². The molecule has 22 heavy (non-hydrogen) atoms. The van der Waals surface area contributed by atoms with Crippen LogP contribution in [0.5, 0.6) is 0 Å². The Morgan fingerprint density at radius 3 is 2.68 bits per heavy atom. The maximum Gasteiger partial charge on any atom is 0.303 e. The second kappa shape index (κ2) is 7.80. The van der Waals surface area contributed by atoms with Gasteiger partial charge in [-0.3, -0.25) is 14.5 Å². The summed E-state index contributed by atoms with van der Waals surface area (Å²) in [6.07, 6.45) is 4.27. The van der Waals surface area contributed by atoms with E-state index < -0.39 is 5.97 Å². The number of benzene rings is 1. The molecule has 0 spiro atoms. The molecular formula is C15H15NO3S3. The molecule has 4 nitrogen and oxygen atoms in total. The molecule has 1 saturated heterocycles. The average molecular weight is 353 g/mol. The van der Waals surface area contributed by atoms with Crippen LogP contribution in [0.4, 0.5) is 0 Å². The van der Waals surface area contributed by atoms with Gasteiger partial charge in [-0.2, -0.15) is 0 Å². The van der Waals surface area contributed by atoms with Crippen LogP contribution in [-0.4, -0.2) is 39.0 Å². The van der Waals surface area contributed by atoms with Crippen LogP contribution in [0.1, 0.15) is 18.4 Å². The van der Waals surface area contributed by atoms with Crippen molar-refractivity contribution in [3.63, 3.8) is 0 Å². The van der Waals surface area contributed by atoms with Gasteiger partial charge in [-0.1, -0.05) is 36.1 Å². The maximum atomic E-state index is 12.3. The molecule has 0 bridgehead atoms. The zero-order chi connectivity index (χ0) is 16.1. The number of carboxylic acid groups (broad SMARTS) is 1. The minimum absolute atomic E-state index is 0.0340. The summed E-state index contributed by atoms with van der Waals surface area (Å²) in [4.78, 5) is 26.1. The summed E-state index contributed by atoms with van der Waals surface area (Å²) in [7, 11) is 0. The minimum Gasteiger partial charge on any atom is -0.481 e. The third-order valence-electron chi connectivity index (χ3n) is 3.06. The van der Waals surface area contributed by atoms with E-state index in [-0.39, 0.29) is 12.3 Å². The third-order valence-corrected chi connectivity index (χ3v) is 5.18. The summed E-state index contributed by atoms with van der Waals surface area (Å²) in [6.45, 7) is 0.347. The fourth-order valence-corrected chi connectivity index (χ4v) is 3.65. The lowest BCUT2D eigenvalue weighted by molar-refractivity contribution is -0.137. The Morgan fingerprint density at radius 2 is 2.09 bits per heavy atom. The SMILES string of the molecule is CSc1ccc(/C=C2\SC(=S)N(CCCC(=O)O)C2=O)cc1. The van der Waals surface area contributed by atoms with Gasteiger partial charge in [0, 0.05) is 17.9 Å². The van der Waals surface area contributed by atoms with Crippen LogP contribution in [0, 0.1) is 0 Å². The Morgan fingerprint density at radius 1 is 1.41 bits per heavy atom. The first-order chi connectivity index (χ1) is 10.5. The number of thioether (sulfide) groups is 2. The number of hydrogen-bond acceptors (Lipinski definition) is 5. The van der Waals surface area contributed by atoms with Gasteiger partial charge in [-0.15, -0.1) is 11.8 Å². The highest BCUT2D eigenvalue weighted by Crippen LogP contribution is 2.32. The van der Waals surface area contributed by atoms with E-state index in [1.807, 2.05) is 36.6 Å². The van der Waals surface area contributed by atoms with Crippen molar-refractivity contribution in [2.45, 2.75) is 17.7 Å². The molecule has 0 radical (unpaired) electrons. The number of aliphatic carboxylic acids is 1. The van der Waals surface area contributed by atoms with E-state index >= 15 is 0 Å². The average Bonchev–Trinajstić information content (AvgIpc) is 2.75. The van der Waals surface area contributed by atoms with Crippen LogP contribution < -0.4 is 0 Å². The number of carbonyl (C=O) groups excluding carboxylic acids is 1. The van der Waals surface area contributed by atoms with Gasteiger partial charge in [0.05, 0.1) is 4.91 Å². The van der Waals surface area contributed by atoms with Crippen molar-refractivity contribution in [2.75, 3.05) is 12.8 Å². The van der Waals surface area contributed by atoms with E-state index in [1.165, 1.54) is 21.6 Å². The number of nitrogens with zero attached hydrogens (tertiary/aromatic N) is 1. The lowest BCUT2D eigenvalue weighted by Crippen LogP contribution is -2.29. The second-order valence-corrected chi connectivity index (χ2v) is 7.16. The van der Waals surface area contributed by atoms with Gasteiger partial charge in [0.25, 0.3) is 5.91 Å². The van der Waals surface area contributed by atoms with Crippen molar-refractivity contribution in [1.29, 1.82) is 0 Å². The van der Waals surface area contributed by atoms with E-state index in [0.717, 1.165) is 5.56 Å². The summed E-state index contributed by atoms with van der Waals surface area (Å²) in [5.41, 5.74) is 0.948. The first-order valence-corrected chi connectivity index (χ1v) is 9.07. The molecular weight excluding hydrogens is 338 g/mol. The summed E-state index contributed by atoms with van der Waals surface area (Å²) in [5, 5.41) is 8.65. The predicted octanol–water partition coefficient (Wildman–Crippen LogP) is 3.47. The summed E-state index contributed by atoms with van der Waals surface area (Å²) in [5.74, 6) is -1.01. The van der Waals surface area contributed by atoms with Crippen molar-refractivity contribution in [2.24, 2.45) is 0 Å². The highest BCUT2D eigenvalue weighted by Gasteiger charge is 2.31. The largest absolute Gasteiger partial charge is 0.481 e. The first kappa shape index (κ1) is 17.1. The molecule has 1 aliphatic rings. The molecule has 2 rings (SSSR count). The van der Waals surface area contributed by atoms with Gasteiger partial charge in [-0.05, 0) is 36.4 Å². The molecule has 0 aromatic heterocycles. The van der Waals surface area contributed by atoms with Gasteiger partial charge in [-0.25, -0.2) is 0 Å². The number of carboxylic acids is 1. The van der Waals surface area contributed by atoms with Crippen LogP contribution in [0.15, 0.2) is 34.1 Å². The molecule has 0 saturated carbocycles. The van der Waals surface area contributed by atoms with Crippen molar-refractivity contribution < 1.29 is 14.7 Å². The molecule has 0 unspecified atom stereocenters. The number of rotatable bonds is 6.